The number of benzene rings is 1. The van der Waals surface area contributed by atoms with Crippen molar-refractivity contribution in [1.29, 1.82) is 0 Å². The number of hydrogen-bond acceptors (Lipinski definition) is 3. The molecule has 0 unspecified atom stereocenters. The molecular weight excluding hydrogens is 277 g/mol. The Bertz CT molecular complexity index is 579. The molecule has 2 N–H and O–H groups in total. The van der Waals surface area contributed by atoms with E-state index in [0.29, 0.717) is 17.6 Å². The molecule has 1 heterocycles. The zero-order chi connectivity index (χ0) is 14.5. The van der Waals surface area contributed by atoms with E-state index in [4.69, 9.17) is 12.2 Å². The number of nitrogens with zero attached hydrogens (tertiary/aromatic N) is 3. The molecule has 0 amide bonds. The highest BCUT2D eigenvalue weighted by Crippen LogP contribution is 2.05. The monoisotopic (exact) mass is 293 g/mol. The molecule has 0 radical (unpaired) electrons. The van der Waals surface area contributed by atoms with Gasteiger partial charge in [-0.1, -0.05) is 12.1 Å². The summed E-state index contributed by atoms with van der Waals surface area (Å²) < 4.78 is 14.5. The van der Waals surface area contributed by atoms with Crippen LogP contribution in [0.5, 0.6) is 0 Å². The normalized spacial score (nSPS) is 10.6. The van der Waals surface area contributed by atoms with Gasteiger partial charge in [-0.15, -0.1) is 5.10 Å². The molecule has 0 atom stereocenters. The second kappa shape index (κ2) is 6.42. The molecule has 106 valence electrons. The Morgan fingerprint density at radius 2 is 2.05 bits per heavy atom. The van der Waals surface area contributed by atoms with E-state index in [1.807, 2.05) is 13.8 Å². The minimum atomic E-state index is -0.250. The third-order valence-corrected chi connectivity index (χ3v) is 2.66. The van der Waals surface area contributed by atoms with Crippen LogP contribution in [0.15, 0.2) is 30.6 Å². The molecule has 7 heteroatoms. The van der Waals surface area contributed by atoms with E-state index in [0.717, 1.165) is 5.56 Å². The Balaban J connectivity index is 1.95. The quantitative estimate of drug-likeness (QED) is 0.846. The number of aromatic nitrogens is 3. The molecule has 1 aromatic heterocycles. The first-order chi connectivity index (χ1) is 9.52. The standard InChI is InChI=1S/C13H16FN5S/c1-9(2)16-13(20)17-12-15-8-19(18-12)7-10-3-5-11(14)6-4-10/h3-6,8-9H,7H2,1-2H3,(H2,16,17,18,20). The molecule has 0 aliphatic heterocycles. The minimum absolute atomic E-state index is 0.247. The summed E-state index contributed by atoms with van der Waals surface area (Å²) in [5, 5.41) is 10.7. The number of nitrogens with one attached hydrogen (secondary N) is 2. The molecule has 0 fully saturated rings. The first-order valence-electron chi connectivity index (χ1n) is 6.24. The van der Waals surface area contributed by atoms with E-state index in [1.54, 1.807) is 23.1 Å². The zero-order valence-electron chi connectivity index (χ0n) is 11.3. The fraction of sp³-hybridized carbons (Fsp3) is 0.308. The van der Waals surface area contributed by atoms with Gasteiger partial charge in [0, 0.05) is 6.04 Å². The van der Waals surface area contributed by atoms with Crippen LogP contribution in [-0.4, -0.2) is 25.9 Å². The number of hydrogen-bond donors (Lipinski definition) is 2. The van der Waals surface area contributed by atoms with Crippen molar-refractivity contribution in [3.8, 4) is 0 Å². The molecule has 5 nitrogen and oxygen atoms in total. The lowest BCUT2D eigenvalue weighted by Gasteiger charge is -2.10. The van der Waals surface area contributed by atoms with E-state index >= 15 is 0 Å². The van der Waals surface area contributed by atoms with E-state index in [9.17, 15) is 4.39 Å². The van der Waals surface area contributed by atoms with Gasteiger partial charge in [-0.05, 0) is 43.8 Å². The summed E-state index contributed by atoms with van der Waals surface area (Å²) in [6.45, 7) is 4.52. The molecule has 20 heavy (non-hydrogen) atoms. The van der Waals surface area contributed by atoms with Crippen LogP contribution in [0.25, 0.3) is 0 Å². The van der Waals surface area contributed by atoms with Crippen molar-refractivity contribution >= 4 is 23.3 Å². The van der Waals surface area contributed by atoms with Gasteiger partial charge in [0.1, 0.15) is 12.1 Å². The summed E-state index contributed by atoms with van der Waals surface area (Å²) >= 11 is 5.11. The maximum absolute atomic E-state index is 12.8. The Morgan fingerprint density at radius 1 is 1.35 bits per heavy atom. The van der Waals surface area contributed by atoms with Gasteiger partial charge >= 0.3 is 0 Å². The first-order valence-corrected chi connectivity index (χ1v) is 6.65. The van der Waals surface area contributed by atoms with Crippen molar-refractivity contribution in [3.63, 3.8) is 0 Å². The molecule has 0 saturated carbocycles. The molecule has 2 rings (SSSR count). The van der Waals surface area contributed by atoms with Crippen molar-refractivity contribution in [1.82, 2.24) is 20.1 Å². The Hall–Kier alpha value is -2.02. The number of anilines is 1. The molecule has 1 aromatic carbocycles. The van der Waals surface area contributed by atoms with Crippen LogP contribution >= 0.6 is 12.2 Å². The van der Waals surface area contributed by atoms with Crippen LogP contribution in [0.2, 0.25) is 0 Å². The van der Waals surface area contributed by atoms with Gasteiger partial charge in [0.25, 0.3) is 0 Å². The average Bonchev–Trinajstić information content (AvgIpc) is 2.78. The predicted molar refractivity (Wildman–Crippen MR) is 80.0 cm³/mol. The zero-order valence-corrected chi connectivity index (χ0v) is 12.1. The Morgan fingerprint density at radius 3 is 2.70 bits per heavy atom. The first kappa shape index (κ1) is 14.4. The van der Waals surface area contributed by atoms with Crippen molar-refractivity contribution in [3.05, 3.63) is 42.0 Å². The lowest BCUT2D eigenvalue weighted by atomic mass is 10.2. The molecule has 2 aromatic rings. The van der Waals surface area contributed by atoms with Crippen LogP contribution in [0, 0.1) is 5.82 Å². The summed E-state index contributed by atoms with van der Waals surface area (Å²) in [6, 6.07) is 6.53. The topological polar surface area (TPSA) is 54.8 Å². The van der Waals surface area contributed by atoms with Crippen molar-refractivity contribution in [2.75, 3.05) is 5.32 Å². The molecule has 0 spiro atoms. The van der Waals surface area contributed by atoms with Gasteiger partial charge < -0.3 is 5.32 Å². The fourth-order valence-electron chi connectivity index (χ4n) is 1.60. The van der Waals surface area contributed by atoms with Gasteiger partial charge in [-0.2, -0.15) is 0 Å². The number of thiocarbonyl (C=S) groups is 1. The highest BCUT2D eigenvalue weighted by molar-refractivity contribution is 7.80. The summed E-state index contributed by atoms with van der Waals surface area (Å²) in [5.41, 5.74) is 0.950. The summed E-state index contributed by atoms with van der Waals surface area (Å²) in [4.78, 5) is 4.12. The Labute approximate surface area is 122 Å². The summed E-state index contributed by atoms with van der Waals surface area (Å²) in [5.74, 6) is 0.185. The van der Waals surface area contributed by atoms with Gasteiger partial charge in [0.15, 0.2) is 5.11 Å². The van der Waals surface area contributed by atoms with Gasteiger partial charge in [0.2, 0.25) is 5.95 Å². The fourth-order valence-corrected chi connectivity index (χ4v) is 1.93. The minimum Gasteiger partial charge on any atom is -0.360 e. The third-order valence-electron chi connectivity index (χ3n) is 2.44. The highest BCUT2D eigenvalue weighted by Gasteiger charge is 2.04. The molecule has 0 bridgehead atoms. The largest absolute Gasteiger partial charge is 0.360 e. The van der Waals surface area contributed by atoms with E-state index in [1.165, 1.54) is 12.1 Å². The van der Waals surface area contributed by atoms with Crippen LogP contribution in [0.4, 0.5) is 10.3 Å². The van der Waals surface area contributed by atoms with Crippen LogP contribution in [0.1, 0.15) is 19.4 Å². The summed E-state index contributed by atoms with van der Waals surface area (Å²) in [7, 11) is 0. The van der Waals surface area contributed by atoms with Gasteiger partial charge in [0.05, 0.1) is 6.54 Å². The van der Waals surface area contributed by atoms with Crippen LogP contribution < -0.4 is 10.6 Å². The predicted octanol–water partition coefficient (Wildman–Crippen LogP) is 2.16. The number of rotatable bonds is 4. The molecule has 0 saturated heterocycles. The second-order valence-corrected chi connectivity index (χ2v) is 5.05. The summed E-state index contributed by atoms with van der Waals surface area (Å²) in [6.07, 6.45) is 1.60. The SMILES string of the molecule is CC(C)NC(=S)Nc1ncn(Cc2ccc(F)cc2)n1. The van der Waals surface area contributed by atoms with E-state index in [2.05, 4.69) is 20.7 Å². The molecule has 0 aliphatic rings. The lowest BCUT2D eigenvalue weighted by molar-refractivity contribution is 0.624. The maximum atomic E-state index is 12.8. The van der Waals surface area contributed by atoms with E-state index in [-0.39, 0.29) is 11.9 Å². The van der Waals surface area contributed by atoms with Gasteiger partial charge in [-0.25, -0.2) is 14.1 Å². The van der Waals surface area contributed by atoms with Gasteiger partial charge in [-0.3, -0.25) is 5.32 Å². The molecule has 0 aliphatic carbocycles. The van der Waals surface area contributed by atoms with Crippen LogP contribution in [0.3, 0.4) is 0 Å². The van der Waals surface area contributed by atoms with Crippen molar-refractivity contribution in [2.24, 2.45) is 0 Å². The Kier molecular flexibility index (Phi) is 4.62. The maximum Gasteiger partial charge on any atom is 0.248 e. The third kappa shape index (κ3) is 4.27. The van der Waals surface area contributed by atoms with Crippen LogP contribution in [-0.2, 0) is 6.54 Å². The molecular formula is C13H16FN5S. The smallest absolute Gasteiger partial charge is 0.248 e. The van der Waals surface area contributed by atoms with E-state index < -0.39 is 0 Å². The second-order valence-electron chi connectivity index (χ2n) is 4.65. The highest BCUT2D eigenvalue weighted by atomic mass is 32.1. The lowest BCUT2D eigenvalue weighted by Crippen LogP contribution is -2.34. The van der Waals surface area contributed by atoms with Crippen molar-refractivity contribution in [2.45, 2.75) is 26.4 Å². The number of halogens is 1. The van der Waals surface area contributed by atoms with Crippen molar-refractivity contribution < 1.29 is 4.39 Å². The average molecular weight is 293 g/mol.